The summed E-state index contributed by atoms with van der Waals surface area (Å²) in [6.45, 7) is 0.236. The van der Waals surface area contributed by atoms with E-state index < -0.39 is 12.1 Å². The van der Waals surface area contributed by atoms with E-state index in [1.807, 2.05) is 48.6 Å². The number of allylic oxidation sites excluding steroid dienone is 4. The number of unbranched alkanes of at least 4 members (excludes halogenated alkanes) is 1. The lowest BCUT2D eigenvalue weighted by Crippen LogP contribution is -2.18. The first-order valence-corrected chi connectivity index (χ1v) is 9.50. The van der Waals surface area contributed by atoms with Crippen LogP contribution in [0.25, 0.3) is 0 Å². The van der Waals surface area contributed by atoms with Gasteiger partial charge in [-0.2, -0.15) is 0 Å². The average molecular weight is 372 g/mol. The summed E-state index contributed by atoms with van der Waals surface area (Å²) >= 11 is 0. The van der Waals surface area contributed by atoms with Crippen molar-refractivity contribution in [2.24, 2.45) is 5.92 Å². The molecule has 5 nitrogen and oxygen atoms in total. The van der Waals surface area contributed by atoms with Crippen molar-refractivity contribution in [3.05, 3.63) is 54.1 Å². The smallest absolute Gasteiger partial charge is 0.303 e. The van der Waals surface area contributed by atoms with Crippen LogP contribution in [0.15, 0.2) is 54.1 Å². The molecule has 2 atom stereocenters. The fourth-order valence-corrected chi connectivity index (χ4v) is 3.13. The number of benzene rings is 1. The quantitative estimate of drug-likeness (QED) is 0.429. The number of aliphatic carboxylic acids is 1. The lowest BCUT2D eigenvalue weighted by Gasteiger charge is -2.15. The van der Waals surface area contributed by atoms with Gasteiger partial charge in [0.1, 0.15) is 18.1 Å². The molecule has 0 fully saturated rings. The van der Waals surface area contributed by atoms with E-state index in [0.717, 1.165) is 11.3 Å². The third-order valence-corrected chi connectivity index (χ3v) is 4.65. The van der Waals surface area contributed by atoms with Crippen molar-refractivity contribution in [1.29, 1.82) is 0 Å². The Labute approximate surface area is 160 Å². The van der Waals surface area contributed by atoms with E-state index in [1.165, 1.54) is 0 Å². The maximum absolute atomic E-state index is 12.1. The van der Waals surface area contributed by atoms with Crippen molar-refractivity contribution in [1.82, 2.24) is 0 Å². The standard InChI is InChI=1S/C22H28O5/c23-18(16-27-19-8-4-3-5-9-19)14-12-17-13-15-21(24)20(17)10-6-1-2-7-11-22(25)26/h1,3-6,8-9,13,18,20,23H,2,7,10-12,14-16H2,(H,25,26)/b6-1-/t18?,20-/m1/s1. The molecule has 0 amide bonds. The minimum Gasteiger partial charge on any atom is -0.491 e. The molecule has 0 heterocycles. The Morgan fingerprint density at radius 3 is 2.78 bits per heavy atom. The molecule has 0 saturated carbocycles. The molecule has 1 aliphatic rings. The second-order valence-electron chi connectivity index (χ2n) is 6.81. The third kappa shape index (κ3) is 7.79. The molecule has 0 spiro atoms. The number of aliphatic hydroxyl groups is 1. The van der Waals surface area contributed by atoms with E-state index >= 15 is 0 Å². The van der Waals surface area contributed by atoms with Crippen molar-refractivity contribution in [3.8, 4) is 5.75 Å². The molecule has 0 aliphatic heterocycles. The summed E-state index contributed by atoms with van der Waals surface area (Å²) in [7, 11) is 0. The SMILES string of the molecule is O=C(O)CCC/C=C\C[C@H]1C(=O)CC=C1CCC(O)COc1ccccc1. The van der Waals surface area contributed by atoms with E-state index in [9.17, 15) is 14.7 Å². The lowest BCUT2D eigenvalue weighted by molar-refractivity contribution is -0.137. The number of ether oxygens (including phenoxy) is 1. The first-order valence-electron chi connectivity index (χ1n) is 9.50. The van der Waals surface area contributed by atoms with Crippen LogP contribution in [0.4, 0.5) is 0 Å². The summed E-state index contributed by atoms with van der Waals surface area (Å²) in [5.41, 5.74) is 1.09. The van der Waals surface area contributed by atoms with E-state index in [0.29, 0.717) is 38.5 Å². The fraction of sp³-hybridized carbons (Fsp3) is 0.455. The number of carbonyl (C=O) groups excluding carboxylic acids is 1. The van der Waals surface area contributed by atoms with Gasteiger partial charge in [0.2, 0.25) is 0 Å². The Morgan fingerprint density at radius 2 is 2.04 bits per heavy atom. The van der Waals surface area contributed by atoms with Crippen LogP contribution in [-0.4, -0.2) is 34.7 Å². The molecule has 0 radical (unpaired) electrons. The van der Waals surface area contributed by atoms with Crippen LogP contribution in [-0.2, 0) is 9.59 Å². The summed E-state index contributed by atoms with van der Waals surface area (Å²) in [5, 5.41) is 18.8. The minimum atomic E-state index is -0.783. The lowest BCUT2D eigenvalue weighted by atomic mass is 9.92. The summed E-state index contributed by atoms with van der Waals surface area (Å²) in [6.07, 6.45) is 9.17. The molecular weight excluding hydrogens is 344 g/mol. The van der Waals surface area contributed by atoms with Gasteiger partial charge < -0.3 is 14.9 Å². The number of hydrogen-bond donors (Lipinski definition) is 2. The molecule has 2 N–H and O–H groups in total. The van der Waals surface area contributed by atoms with Gasteiger partial charge in [-0.15, -0.1) is 0 Å². The zero-order valence-corrected chi connectivity index (χ0v) is 15.5. The van der Waals surface area contributed by atoms with Crippen molar-refractivity contribution in [2.75, 3.05) is 6.61 Å². The maximum atomic E-state index is 12.1. The number of ketones is 1. The van der Waals surface area contributed by atoms with E-state index in [4.69, 9.17) is 9.84 Å². The molecule has 1 aliphatic carbocycles. The van der Waals surface area contributed by atoms with Crippen LogP contribution in [0.2, 0.25) is 0 Å². The van der Waals surface area contributed by atoms with Crippen LogP contribution in [0, 0.1) is 5.92 Å². The first kappa shape index (κ1) is 20.9. The number of carboxylic acids is 1. The van der Waals surface area contributed by atoms with Gasteiger partial charge >= 0.3 is 5.97 Å². The topological polar surface area (TPSA) is 83.8 Å². The summed E-state index contributed by atoms with van der Waals surface area (Å²) in [4.78, 5) is 22.6. The van der Waals surface area contributed by atoms with Crippen LogP contribution >= 0.6 is 0 Å². The van der Waals surface area contributed by atoms with Gasteiger partial charge in [0.15, 0.2) is 0 Å². The summed E-state index contributed by atoms with van der Waals surface area (Å²) < 4.78 is 5.56. The van der Waals surface area contributed by atoms with Gasteiger partial charge in [-0.3, -0.25) is 9.59 Å². The first-order chi connectivity index (χ1) is 13.1. The molecule has 0 aromatic heterocycles. The molecular formula is C22H28O5. The van der Waals surface area contributed by atoms with Gasteiger partial charge in [0, 0.05) is 18.8 Å². The zero-order valence-electron chi connectivity index (χ0n) is 15.5. The number of para-hydroxylation sites is 1. The zero-order chi connectivity index (χ0) is 19.5. The highest BCUT2D eigenvalue weighted by atomic mass is 16.5. The van der Waals surface area contributed by atoms with Crippen LogP contribution in [0.3, 0.4) is 0 Å². The number of Topliss-reactive ketones (excluding diaryl/α,β-unsaturated/α-hetero) is 1. The number of aliphatic hydroxyl groups excluding tert-OH is 1. The highest BCUT2D eigenvalue weighted by Gasteiger charge is 2.26. The number of carboxylic acid groups (broad SMARTS) is 1. The van der Waals surface area contributed by atoms with Crippen molar-refractivity contribution < 1.29 is 24.5 Å². The molecule has 2 rings (SSSR count). The predicted octanol–water partition coefficient (Wildman–Crippen LogP) is 3.92. The van der Waals surface area contributed by atoms with Crippen LogP contribution < -0.4 is 4.74 Å². The molecule has 0 saturated heterocycles. The molecule has 5 heteroatoms. The van der Waals surface area contributed by atoms with Gasteiger partial charge in [-0.25, -0.2) is 0 Å². The summed E-state index contributed by atoms with van der Waals surface area (Å²) in [5.74, 6) is 0.0605. The van der Waals surface area contributed by atoms with Gasteiger partial charge in [0.05, 0.1) is 6.10 Å². The van der Waals surface area contributed by atoms with Crippen LogP contribution in [0.1, 0.15) is 44.9 Å². The Balaban J connectivity index is 1.70. The van der Waals surface area contributed by atoms with E-state index in [1.54, 1.807) is 0 Å². The molecule has 0 bridgehead atoms. The molecule has 1 aromatic rings. The largest absolute Gasteiger partial charge is 0.491 e. The molecule has 1 unspecified atom stereocenters. The second kappa shape index (κ2) is 11.3. The predicted molar refractivity (Wildman–Crippen MR) is 104 cm³/mol. The third-order valence-electron chi connectivity index (χ3n) is 4.65. The Morgan fingerprint density at radius 1 is 1.26 bits per heavy atom. The Bertz CT molecular complexity index is 663. The highest BCUT2D eigenvalue weighted by Crippen LogP contribution is 2.30. The monoisotopic (exact) mass is 372 g/mol. The van der Waals surface area contributed by atoms with Crippen molar-refractivity contribution in [3.63, 3.8) is 0 Å². The normalized spacial score (nSPS) is 17.9. The van der Waals surface area contributed by atoms with Gasteiger partial charge in [-0.05, 0) is 44.2 Å². The van der Waals surface area contributed by atoms with E-state index in [2.05, 4.69) is 0 Å². The minimum absolute atomic E-state index is 0.108. The average Bonchev–Trinajstić information content (AvgIpc) is 3.01. The molecule has 146 valence electrons. The number of carbonyl (C=O) groups is 2. The van der Waals surface area contributed by atoms with Crippen molar-refractivity contribution >= 4 is 11.8 Å². The number of rotatable bonds is 12. The highest BCUT2D eigenvalue weighted by molar-refractivity contribution is 5.88. The van der Waals surface area contributed by atoms with Crippen molar-refractivity contribution in [2.45, 2.75) is 51.0 Å². The fourth-order valence-electron chi connectivity index (χ4n) is 3.13. The molecule has 27 heavy (non-hydrogen) atoms. The Kier molecular flexibility index (Phi) is 8.78. The molecule has 1 aromatic carbocycles. The van der Waals surface area contributed by atoms with E-state index in [-0.39, 0.29) is 24.7 Å². The number of hydrogen-bond acceptors (Lipinski definition) is 4. The second-order valence-corrected chi connectivity index (χ2v) is 6.81. The maximum Gasteiger partial charge on any atom is 0.303 e. The van der Waals surface area contributed by atoms with Gasteiger partial charge in [-0.1, -0.05) is 42.0 Å². The Hall–Kier alpha value is -2.40. The van der Waals surface area contributed by atoms with Crippen LogP contribution in [0.5, 0.6) is 5.75 Å². The summed E-state index contributed by atoms with van der Waals surface area (Å²) in [6, 6.07) is 9.38. The van der Waals surface area contributed by atoms with Gasteiger partial charge in [0.25, 0.3) is 0 Å².